The average Bonchev–Trinajstić information content (AvgIpc) is 2.79. The molecule has 7 heteroatoms. The van der Waals surface area contributed by atoms with Crippen LogP contribution in [0.25, 0.3) is 11.0 Å². The Kier molecular flexibility index (Phi) is 3.09. The van der Waals surface area contributed by atoms with Crippen molar-refractivity contribution in [2.24, 2.45) is 5.92 Å². The van der Waals surface area contributed by atoms with Crippen LogP contribution in [0.4, 0.5) is 0 Å². The maximum absolute atomic E-state index is 11.6. The fourth-order valence-corrected chi connectivity index (χ4v) is 2.69. The third kappa shape index (κ3) is 1.95. The molecule has 4 N–H and O–H groups in total. The van der Waals surface area contributed by atoms with Gasteiger partial charge >= 0.3 is 0 Å². The van der Waals surface area contributed by atoms with Gasteiger partial charge in [-0.3, -0.25) is 9.69 Å². The number of aliphatic hydroxyl groups excluding tert-OH is 2. The molecule has 2 atom stereocenters. The van der Waals surface area contributed by atoms with Crippen molar-refractivity contribution in [3.63, 3.8) is 0 Å². The molecule has 3 rings (SSSR count). The molecule has 102 valence electrons. The SMILES string of the molecule is O=c1[nH]cnc2c(CN3C[C@@H](CO)[C@H]3CO)c[nH]c12. The fourth-order valence-electron chi connectivity index (χ4n) is 2.69. The second-order valence-electron chi connectivity index (χ2n) is 4.89. The van der Waals surface area contributed by atoms with Gasteiger partial charge in [-0.15, -0.1) is 0 Å². The minimum absolute atomic E-state index is 0.0167. The summed E-state index contributed by atoms with van der Waals surface area (Å²) in [6.07, 6.45) is 3.16. The van der Waals surface area contributed by atoms with Gasteiger partial charge in [-0.1, -0.05) is 0 Å². The molecule has 1 fully saturated rings. The third-order valence-corrected chi connectivity index (χ3v) is 3.83. The van der Waals surface area contributed by atoms with E-state index in [1.54, 1.807) is 6.20 Å². The number of hydrogen-bond acceptors (Lipinski definition) is 5. The molecule has 2 aromatic rings. The van der Waals surface area contributed by atoms with E-state index in [4.69, 9.17) is 5.11 Å². The van der Waals surface area contributed by atoms with Crippen molar-refractivity contribution in [3.8, 4) is 0 Å². The summed E-state index contributed by atoms with van der Waals surface area (Å²) in [4.78, 5) is 23.3. The van der Waals surface area contributed by atoms with Crippen molar-refractivity contribution in [3.05, 3.63) is 28.4 Å². The smallest absolute Gasteiger partial charge is 0.275 e. The van der Waals surface area contributed by atoms with E-state index in [2.05, 4.69) is 19.9 Å². The molecule has 0 aromatic carbocycles. The van der Waals surface area contributed by atoms with Gasteiger partial charge < -0.3 is 20.2 Å². The van der Waals surface area contributed by atoms with E-state index in [-0.39, 0.29) is 30.7 Å². The molecular formula is C12H16N4O3. The summed E-state index contributed by atoms with van der Waals surface area (Å²) in [6.45, 7) is 1.48. The molecule has 3 heterocycles. The fraction of sp³-hybridized carbons (Fsp3) is 0.500. The maximum atomic E-state index is 11.6. The topological polar surface area (TPSA) is 105 Å². The summed E-state index contributed by atoms with van der Waals surface area (Å²) in [5.74, 6) is 0.131. The largest absolute Gasteiger partial charge is 0.396 e. The van der Waals surface area contributed by atoms with Crippen molar-refractivity contribution < 1.29 is 10.2 Å². The van der Waals surface area contributed by atoms with Crippen LogP contribution in [0.3, 0.4) is 0 Å². The van der Waals surface area contributed by atoms with Crippen LogP contribution in [0.2, 0.25) is 0 Å². The number of H-pyrrole nitrogens is 2. The van der Waals surface area contributed by atoms with Crippen LogP contribution in [0.15, 0.2) is 17.3 Å². The highest BCUT2D eigenvalue weighted by Crippen LogP contribution is 2.27. The first kappa shape index (κ1) is 12.3. The second-order valence-corrected chi connectivity index (χ2v) is 4.89. The van der Waals surface area contributed by atoms with Gasteiger partial charge in [-0.2, -0.15) is 0 Å². The highest BCUT2D eigenvalue weighted by molar-refractivity contribution is 5.77. The third-order valence-electron chi connectivity index (χ3n) is 3.83. The summed E-state index contributed by atoms with van der Waals surface area (Å²) in [5.41, 5.74) is 1.87. The number of nitrogens with zero attached hydrogens (tertiary/aromatic N) is 2. The molecule has 0 aliphatic carbocycles. The lowest BCUT2D eigenvalue weighted by Gasteiger charge is -2.46. The van der Waals surface area contributed by atoms with Crippen molar-refractivity contribution >= 4 is 11.0 Å². The first-order valence-electron chi connectivity index (χ1n) is 6.24. The molecule has 1 aliphatic rings. The van der Waals surface area contributed by atoms with Gasteiger partial charge in [0.2, 0.25) is 0 Å². The number of aromatic amines is 2. The molecule has 0 spiro atoms. The maximum Gasteiger partial charge on any atom is 0.275 e. The standard InChI is InChI=1S/C12H16N4O3/c17-4-8-3-16(9(8)5-18)2-7-1-13-11-10(7)14-6-15-12(11)19/h1,6,8-9,13,17-18H,2-5H2,(H,14,15,19)/t8-,9+/m0/s1. The van der Waals surface area contributed by atoms with Crippen molar-refractivity contribution in [1.29, 1.82) is 0 Å². The summed E-state index contributed by atoms with van der Waals surface area (Å²) in [6, 6.07) is -0.0167. The van der Waals surface area contributed by atoms with Crippen molar-refractivity contribution in [2.45, 2.75) is 12.6 Å². The molecule has 0 unspecified atom stereocenters. The Labute approximate surface area is 108 Å². The van der Waals surface area contributed by atoms with E-state index < -0.39 is 0 Å². The Morgan fingerprint density at radius 1 is 1.37 bits per heavy atom. The monoisotopic (exact) mass is 264 g/mol. The Morgan fingerprint density at radius 2 is 2.21 bits per heavy atom. The second kappa shape index (κ2) is 4.76. The molecule has 2 aromatic heterocycles. The molecule has 0 radical (unpaired) electrons. The highest BCUT2D eigenvalue weighted by Gasteiger charge is 2.37. The molecule has 0 bridgehead atoms. The van der Waals surface area contributed by atoms with Crippen LogP contribution >= 0.6 is 0 Å². The zero-order chi connectivity index (χ0) is 13.4. The van der Waals surface area contributed by atoms with Gasteiger partial charge in [-0.05, 0) is 0 Å². The number of likely N-dealkylation sites (tertiary alicyclic amines) is 1. The van der Waals surface area contributed by atoms with Crippen LogP contribution < -0.4 is 5.56 Å². The van der Waals surface area contributed by atoms with Gasteiger partial charge in [0.1, 0.15) is 5.52 Å². The van der Waals surface area contributed by atoms with Crippen LogP contribution in [-0.2, 0) is 6.54 Å². The lowest BCUT2D eigenvalue weighted by molar-refractivity contribution is -0.0493. The summed E-state index contributed by atoms with van der Waals surface area (Å²) in [7, 11) is 0. The van der Waals surface area contributed by atoms with Gasteiger partial charge in [0.25, 0.3) is 5.56 Å². The molecule has 1 aliphatic heterocycles. The molecule has 0 saturated carbocycles. The summed E-state index contributed by atoms with van der Waals surface area (Å²) in [5, 5.41) is 18.5. The van der Waals surface area contributed by atoms with Crippen LogP contribution in [0, 0.1) is 5.92 Å². The number of rotatable bonds is 4. The van der Waals surface area contributed by atoms with E-state index in [0.717, 1.165) is 12.1 Å². The molecule has 0 amide bonds. The average molecular weight is 264 g/mol. The predicted octanol–water partition coefficient (Wildman–Crippen LogP) is -0.964. The number of hydrogen-bond donors (Lipinski definition) is 4. The normalized spacial score (nSPS) is 23.7. The number of aromatic nitrogens is 3. The highest BCUT2D eigenvalue weighted by atomic mass is 16.3. The van der Waals surface area contributed by atoms with E-state index >= 15 is 0 Å². The number of nitrogens with one attached hydrogen (secondary N) is 2. The zero-order valence-electron chi connectivity index (χ0n) is 10.3. The van der Waals surface area contributed by atoms with E-state index in [9.17, 15) is 9.90 Å². The Balaban J connectivity index is 1.83. The summed E-state index contributed by atoms with van der Waals surface area (Å²) >= 11 is 0. The molecule has 19 heavy (non-hydrogen) atoms. The number of aliphatic hydroxyl groups is 2. The molecule has 7 nitrogen and oxygen atoms in total. The van der Waals surface area contributed by atoms with E-state index in [1.807, 2.05) is 0 Å². The van der Waals surface area contributed by atoms with Crippen LogP contribution in [0.1, 0.15) is 5.56 Å². The predicted molar refractivity (Wildman–Crippen MR) is 68.6 cm³/mol. The Hall–Kier alpha value is -1.70. The minimum Gasteiger partial charge on any atom is -0.396 e. The van der Waals surface area contributed by atoms with Gasteiger partial charge in [0.05, 0.1) is 18.5 Å². The Morgan fingerprint density at radius 3 is 2.95 bits per heavy atom. The van der Waals surface area contributed by atoms with Gasteiger partial charge in [-0.25, -0.2) is 4.98 Å². The van der Waals surface area contributed by atoms with Crippen LogP contribution in [0.5, 0.6) is 0 Å². The number of fused-ring (bicyclic) bond motifs is 1. The van der Waals surface area contributed by atoms with Gasteiger partial charge in [0, 0.05) is 43.4 Å². The zero-order valence-corrected chi connectivity index (χ0v) is 10.3. The summed E-state index contributed by atoms with van der Waals surface area (Å²) < 4.78 is 0. The van der Waals surface area contributed by atoms with E-state index in [1.165, 1.54) is 6.33 Å². The van der Waals surface area contributed by atoms with Crippen molar-refractivity contribution in [1.82, 2.24) is 19.9 Å². The lowest BCUT2D eigenvalue weighted by atomic mass is 9.89. The van der Waals surface area contributed by atoms with E-state index in [0.29, 0.717) is 17.6 Å². The van der Waals surface area contributed by atoms with Crippen molar-refractivity contribution in [2.75, 3.05) is 19.8 Å². The molecule has 1 saturated heterocycles. The van der Waals surface area contributed by atoms with Gasteiger partial charge in [0.15, 0.2) is 0 Å². The first-order valence-corrected chi connectivity index (χ1v) is 6.24. The quantitative estimate of drug-likeness (QED) is 0.569. The lowest BCUT2D eigenvalue weighted by Crippen LogP contribution is -2.58. The Bertz CT molecular complexity index is 635. The first-order chi connectivity index (χ1) is 9.24. The molecular weight excluding hydrogens is 248 g/mol. The minimum atomic E-state index is -0.188. The van der Waals surface area contributed by atoms with Crippen LogP contribution in [-0.4, -0.2) is 55.9 Å².